The highest BCUT2D eigenvalue weighted by molar-refractivity contribution is 7.12. The SMILES string of the molecule is O=C(NC(Cc1ccccc1)C(=O)N1CCC2OCC(=O)C21)c1cc(-c2cccnc2)cs1. The van der Waals surface area contributed by atoms with Crippen LogP contribution in [0.25, 0.3) is 11.1 Å². The standard InChI is InChI=1S/C25H23N3O4S/c29-20-14-32-21-8-10-28(23(20)21)25(31)19(11-16-5-2-1-3-6-16)27-24(30)22-12-18(15-33-22)17-7-4-9-26-13-17/h1-7,9,12-13,15,19,21,23H,8,10-11,14H2,(H,27,30). The molecule has 0 saturated carbocycles. The van der Waals surface area contributed by atoms with Gasteiger partial charge in [-0.1, -0.05) is 36.4 Å². The third-order valence-electron chi connectivity index (χ3n) is 6.10. The molecule has 3 unspecified atom stereocenters. The van der Waals surface area contributed by atoms with Crippen LogP contribution in [0.1, 0.15) is 21.7 Å². The molecule has 2 amide bonds. The lowest BCUT2D eigenvalue weighted by Gasteiger charge is -2.27. The minimum Gasteiger partial charge on any atom is -0.368 e. The number of aromatic nitrogens is 1. The van der Waals surface area contributed by atoms with Gasteiger partial charge in [-0.2, -0.15) is 0 Å². The van der Waals surface area contributed by atoms with Crippen molar-refractivity contribution in [2.24, 2.45) is 0 Å². The van der Waals surface area contributed by atoms with E-state index in [0.29, 0.717) is 24.3 Å². The number of carbonyl (C=O) groups is 3. The van der Waals surface area contributed by atoms with Gasteiger partial charge in [0.15, 0.2) is 5.78 Å². The summed E-state index contributed by atoms with van der Waals surface area (Å²) in [6.07, 6.45) is 4.18. The normalized spacial score (nSPS) is 20.5. The third kappa shape index (κ3) is 4.44. The number of ketones is 1. The molecule has 4 heterocycles. The molecule has 2 fully saturated rings. The van der Waals surface area contributed by atoms with Crippen LogP contribution in [-0.4, -0.2) is 58.8 Å². The molecule has 1 N–H and O–H groups in total. The van der Waals surface area contributed by atoms with E-state index in [2.05, 4.69) is 10.3 Å². The molecule has 0 bridgehead atoms. The summed E-state index contributed by atoms with van der Waals surface area (Å²) < 4.78 is 5.53. The number of Topliss-reactive ketones (excluding diaryl/α,β-unsaturated/α-hetero) is 1. The zero-order chi connectivity index (χ0) is 22.8. The second-order valence-corrected chi connectivity index (χ2v) is 9.15. The topological polar surface area (TPSA) is 88.6 Å². The average Bonchev–Trinajstić information content (AvgIpc) is 3.58. The van der Waals surface area contributed by atoms with Gasteiger partial charge in [-0.3, -0.25) is 19.4 Å². The number of likely N-dealkylation sites (tertiary alicyclic amines) is 1. The summed E-state index contributed by atoms with van der Waals surface area (Å²) in [6.45, 7) is 0.492. The fraction of sp³-hybridized carbons (Fsp3) is 0.280. The van der Waals surface area contributed by atoms with Gasteiger partial charge in [0.25, 0.3) is 5.91 Å². The van der Waals surface area contributed by atoms with Crippen molar-refractivity contribution < 1.29 is 19.1 Å². The lowest BCUT2D eigenvalue weighted by Crippen LogP contribution is -2.53. The average molecular weight is 462 g/mol. The monoisotopic (exact) mass is 461 g/mol. The first-order chi connectivity index (χ1) is 16.1. The van der Waals surface area contributed by atoms with Gasteiger partial charge in [0.2, 0.25) is 5.91 Å². The second kappa shape index (κ2) is 9.25. The lowest BCUT2D eigenvalue weighted by molar-refractivity contribution is -0.138. The van der Waals surface area contributed by atoms with Crippen LogP contribution in [0.5, 0.6) is 0 Å². The van der Waals surface area contributed by atoms with Gasteiger partial charge in [0.05, 0.1) is 11.0 Å². The molecular weight excluding hydrogens is 438 g/mol. The molecule has 1 aromatic carbocycles. The van der Waals surface area contributed by atoms with Gasteiger partial charge in [-0.25, -0.2) is 0 Å². The number of carbonyl (C=O) groups excluding carboxylic acids is 3. The number of hydrogen-bond donors (Lipinski definition) is 1. The molecule has 2 aliphatic heterocycles. The summed E-state index contributed by atoms with van der Waals surface area (Å²) in [5.41, 5.74) is 2.76. The van der Waals surface area contributed by atoms with Crippen molar-refractivity contribution in [1.82, 2.24) is 15.2 Å². The van der Waals surface area contributed by atoms with Crippen LogP contribution < -0.4 is 5.32 Å². The number of ether oxygens (including phenoxy) is 1. The highest BCUT2D eigenvalue weighted by Crippen LogP contribution is 2.28. The Bertz CT molecular complexity index is 1160. The van der Waals surface area contributed by atoms with Crippen molar-refractivity contribution in [3.63, 3.8) is 0 Å². The molecule has 0 radical (unpaired) electrons. The summed E-state index contributed by atoms with van der Waals surface area (Å²) in [7, 11) is 0. The first-order valence-corrected chi connectivity index (χ1v) is 11.8. The molecule has 2 saturated heterocycles. The highest BCUT2D eigenvalue weighted by Gasteiger charge is 2.48. The Balaban J connectivity index is 1.37. The molecule has 7 nitrogen and oxygen atoms in total. The Morgan fingerprint density at radius 2 is 2.03 bits per heavy atom. The van der Waals surface area contributed by atoms with Crippen molar-refractivity contribution in [3.8, 4) is 11.1 Å². The van der Waals surface area contributed by atoms with Crippen LogP contribution in [-0.2, 0) is 20.7 Å². The number of benzene rings is 1. The summed E-state index contributed by atoms with van der Waals surface area (Å²) in [6, 6.07) is 13.8. The van der Waals surface area contributed by atoms with E-state index in [1.54, 1.807) is 23.4 Å². The molecule has 3 atom stereocenters. The minimum absolute atomic E-state index is 0.0428. The Hall–Kier alpha value is -3.36. The summed E-state index contributed by atoms with van der Waals surface area (Å²) in [5, 5.41) is 4.83. The third-order valence-corrected chi connectivity index (χ3v) is 7.03. The van der Waals surface area contributed by atoms with Gasteiger partial charge >= 0.3 is 0 Å². The van der Waals surface area contributed by atoms with E-state index in [-0.39, 0.29) is 30.3 Å². The molecule has 0 spiro atoms. The number of rotatable bonds is 6. The fourth-order valence-corrected chi connectivity index (χ4v) is 5.28. The molecule has 2 aromatic heterocycles. The van der Waals surface area contributed by atoms with Crippen LogP contribution in [0.2, 0.25) is 0 Å². The minimum atomic E-state index is -0.781. The van der Waals surface area contributed by atoms with Crippen LogP contribution in [0.15, 0.2) is 66.3 Å². The fourth-order valence-electron chi connectivity index (χ4n) is 4.46. The Morgan fingerprint density at radius 3 is 2.82 bits per heavy atom. The van der Waals surface area contributed by atoms with Crippen LogP contribution in [0.4, 0.5) is 0 Å². The summed E-state index contributed by atoms with van der Waals surface area (Å²) >= 11 is 1.32. The van der Waals surface area contributed by atoms with Gasteiger partial charge < -0.3 is 15.0 Å². The number of fused-ring (bicyclic) bond motifs is 1. The van der Waals surface area contributed by atoms with Crippen LogP contribution >= 0.6 is 11.3 Å². The quantitative estimate of drug-likeness (QED) is 0.610. The second-order valence-electron chi connectivity index (χ2n) is 8.24. The molecule has 33 heavy (non-hydrogen) atoms. The zero-order valence-corrected chi connectivity index (χ0v) is 18.7. The molecule has 5 rings (SSSR count). The molecular formula is C25H23N3O4S. The Labute approximate surface area is 195 Å². The maximum Gasteiger partial charge on any atom is 0.262 e. The number of hydrogen-bond acceptors (Lipinski definition) is 6. The molecule has 8 heteroatoms. The molecule has 168 valence electrons. The first-order valence-electron chi connectivity index (χ1n) is 10.9. The van der Waals surface area contributed by atoms with Crippen LogP contribution in [0, 0.1) is 0 Å². The summed E-state index contributed by atoms with van der Waals surface area (Å²) in [5.74, 6) is -0.633. The number of nitrogens with zero attached hydrogens (tertiary/aromatic N) is 2. The van der Waals surface area contributed by atoms with Gasteiger partial charge in [-0.05, 0) is 35.1 Å². The number of pyridine rings is 1. The van der Waals surface area contributed by atoms with Crippen molar-refractivity contribution >= 4 is 28.9 Å². The van der Waals surface area contributed by atoms with Crippen molar-refractivity contribution in [2.75, 3.05) is 13.2 Å². The van der Waals surface area contributed by atoms with E-state index in [4.69, 9.17) is 4.74 Å². The van der Waals surface area contributed by atoms with Crippen molar-refractivity contribution in [1.29, 1.82) is 0 Å². The van der Waals surface area contributed by atoms with E-state index in [1.807, 2.05) is 47.8 Å². The van der Waals surface area contributed by atoms with E-state index in [9.17, 15) is 14.4 Å². The molecule has 3 aromatic rings. The zero-order valence-electron chi connectivity index (χ0n) is 17.8. The van der Waals surface area contributed by atoms with Gasteiger partial charge in [-0.15, -0.1) is 11.3 Å². The molecule has 2 aliphatic rings. The maximum atomic E-state index is 13.5. The highest BCUT2D eigenvalue weighted by atomic mass is 32.1. The largest absolute Gasteiger partial charge is 0.368 e. The number of amides is 2. The predicted molar refractivity (Wildman–Crippen MR) is 124 cm³/mol. The Kier molecular flexibility index (Phi) is 6.02. The van der Waals surface area contributed by atoms with Gasteiger partial charge in [0.1, 0.15) is 18.7 Å². The van der Waals surface area contributed by atoms with E-state index in [1.165, 1.54) is 11.3 Å². The lowest BCUT2D eigenvalue weighted by atomic mass is 10.0. The maximum absolute atomic E-state index is 13.5. The van der Waals surface area contributed by atoms with E-state index in [0.717, 1.165) is 16.7 Å². The van der Waals surface area contributed by atoms with E-state index >= 15 is 0 Å². The van der Waals surface area contributed by atoms with Crippen molar-refractivity contribution in [2.45, 2.75) is 31.0 Å². The number of nitrogens with one attached hydrogen (secondary N) is 1. The smallest absolute Gasteiger partial charge is 0.262 e. The first kappa shape index (κ1) is 21.5. The van der Waals surface area contributed by atoms with Gasteiger partial charge in [0, 0.05) is 30.9 Å². The van der Waals surface area contributed by atoms with E-state index < -0.39 is 12.1 Å². The number of thiophene rings is 1. The van der Waals surface area contributed by atoms with Crippen molar-refractivity contribution in [3.05, 3.63) is 76.7 Å². The predicted octanol–water partition coefficient (Wildman–Crippen LogP) is 2.72. The molecule has 0 aliphatic carbocycles. The Morgan fingerprint density at radius 1 is 1.18 bits per heavy atom. The summed E-state index contributed by atoms with van der Waals surface area (Å²) in [4.78, 5) is 45.2. The van der Waals surface area contributed by atoms with Crippen LogP contribution in [0.3, 0.4) is 0 Å².